The van der Waals surface area contributed by atoms with Crippen molar-refractivity contribution in [2.75, 3.05) is 24.8 Å². The maximum absolute atomic E-state index is 11.3. The molecule has 1 rings (SSSR count). The molecule has 0 unspecified atom stereocenters. The summed E-state index contributed by atoms with van der Waals surface area (Å²) in [6.45, 7) is 2.20. The first-order valence-electron chi connectivity index (χ1n) is 5.11. The van der Waals surface area contributed by atoms with E-state index in [-0.39, 0.29) is 17.4 Å². The van der Waals surface area contributed by atoms with Gasteiger partial charge in [0.15, 0.2) is 9.84 Å². The number of rotatable bonds is 5. The van der Waals surface area contributed by atoms with E-state index >= 15 is 0 Å². The van der Waals surface area contributed by atoms with E-state index < -0.39 is 9.84 Å². The van der Waals surface area contributed by atoms with Crippen LogP contribution >= 0.6 is 0 Å². The molecule has 0 aliphatic rings. The molecule has 0 bridgehead atoms. The van der Waals surface area contributed by atoms with E-state index in [1.54, 1.807) is 19.1 Å². The quantitative estimate of drug-likeness (QED) is 0.856. The summed E-state index contributed by atoms with van der Waals surface area (Å²) in [5.74, 6) is -0.308. The van der Waals surface area contributed by atoms with Gasteiger partial charge >= 0.3 is 0 Å². The van der Waals surface area contributed by atoms with Gasteiger partial charge in [-0.1, -0.05) is 6.07 Å². The Morgan fingerprint density at radius 1 is 1.41 bits per heavy atom. The molecular formula is C11H15NO4S. The number of ether oxygens (including phenoxy) is 1. The van der Waals surface area contributed by atoms with Crippen molar-refractivity contribution in [3.63, 3.8) is 0 Å². The van der Waals surface area contributed by atoms with Gasteiger partial charge in [-0.05, 0) is 25.1 Å². The Hall–Kier alpha value is -1.40. The van der Waals surface area contributed by atoms with Gasteiger partial charge in [0.2, 0.25) is 5.91 Å². The van der Waals surface area contributed by atoms with Gasteiger partial charge in [0.05, 0.1) is 4.90 Å². The van der Waals surface area contributed by atoms with Crippen molar-refractivity contribution in [1.29, 1.82) is 0 Å². The largest absolute Gasteiger partial charge is 0.372 e. The summed E-state index contributed by atoms with van der Waals surface area (Å²) >= 11 is 0. The van der Waals surface area contributed by atoms with E-state index in [9.17, 15) is 13.2 Å². The van der Waals surface area contributed by atoms with Gasteiger partial charge < -0.3 is 10.1 Å². The molecule has 1 amide bonds. The van der Waals surface area contributed by atoms with E-state index in [2.05, 4.69) is 5.32 Å². The Balaban J connectivity index is 2.76. The Kier molecular flexibility index (Phi) is 4.65. The standard InChI is InChI=1S/C11H15NO4S/c1-3-16-8-11(13)12-9-5-4-6-10(7-9)17(2,14)15/h4-7H,3,8H2,1-2H3,(H,12,13). The Labute approximate surface area is 101 Å². The number of hydrogen-bond donors (Lipinski definition) is 1. The van der Waals surface area contributed by atoms with Crippen LogP contribution in [0.3, 0.4) is 0 Å². The van der Waals surface area contributed by atoms with Crippen molar-refractivity contribution >= 4 is 21.4 Å². The molecule has 0 aliphatic carbocycles. The third-order valence-corrected chi connectivity index (χ3v) is 3.09. The minimum Gasteiger partial charge on any atom is -0.372 e. The van der Waals surface area contributed by atoms with E-state index in [0.717, 1.165) is 6.26 Å². The number of anilines is 1. The summed E-state index contributed by atoms with van der Waals surface area (Å²) in [4.78, 5) is 11.5. The third-order valence-electron chi connectivity index (χ3n) is 1.98. The van der Waals surface area contributed by atoms with Gasteiger partial charge in [0.1, 0.15) is 6.61 Å². The second-order valence-electron chi connectivity index (χ2n) is 3.49. The van der Waals surface area contributed by atoms with E-state index in [1.807, 2.05) is 0 Å². The van der Waals surface area contributed by atoms with Crippen LogP contribution in [0.25, 0.3) is 0 Å². The minimum atomic E-state index is -3.26. The molecule has 0 spiro atoms. The number of carbonyl (C=O) groups is 1. The molecule has 6 heteroatoms. The Bertz CT molecular complexity index is 496. The van der Waals surface area contributed by atoms with Crippen LogP contribution in [0.15, 0.2) is 29.2 Å². The highest BCUT2D eigenvalue weighted by Crippen LogP contribution is 2.15. The first-order chi connectivity index (χ1) is 7.93. The average molecular weight is 257 g/mol. The van der Waals surface area contributed by atoms with Gasteiger partial charge in [0.25, 0.3) is 0 Å². The Morgan fingerprint density at radius 3 is 2.71 bits per heavy atom. The lowest BCUT2D eigenvalue weighted by atomic mass is 10.3. The van der Waals surface area contributed by atoms with Gasteiger partial charge in [-0.15, -0.1) is 0 Å². The summed E-state index contributed by atoms with van der Waals surface area (Å²) in [5.41, 5.74) is 0.442. The summed E-state index contributed by atoms with van der Waals surface area (Å²) in [5, 5.41) is 2.56. The zero-order valence-corrected chi connectivity index (χ0v) is 10.6. The van der Waals surface area contributed by atoms with Crippen molar-refractivity contribution in [2.24, 2.45) is 0 Å². The van der Waals surface area contributed by atoms with Crippen molar-refractivity contribution in [3.8, 4) is 0 Å². The van der Waals surface area contributed by atoms with Crippen molar-refractivity contribution < 1.29 is 17.9 Å². The van der Waals surface area contributed by atoms with Gasteiger partial charge in [-0.2, -0.15) is 0 Å². The number of amides is 1. The monoisotopic (exact) mass is 257 g/mol. The van der Waals surface area contributed by atoms with Crippen molar-refractivity contribution in [2.45, 2.75) is 11.8 Å². The highest BCUT2D eigenvalue weighted by molar-refractivity contribution is 7.90. The SMILES string of the molecule is CCOCC(=O)Nc1cccc(S(C)(=O)=O)c1. The van der Waals surface area contributed by atoms with E-state index in [1.165, 1.54) is 12.1 Å². The normalized spacial score (nSPS) is 11.2. The third kappa shape index (κ3) is 4.54. The fourth-order valence-electron chi connectivity index (χ4n) is 1.20. The molecule has 5 nitrogen and oxygen atoms in total. The maximum Gasteiger partial charge on any atom is 0.250 e. The molecular weight excluding hydrogens is 242 g/mol. The van der Waals surface area contributed by atoms with Crippen LogP contribution in [-0.4, -0.2) is 33.8 Å². The van der Waals surface area contributed by atoms with Crippen LogP contribution in [0, 0.1) is 0 Å². The molecule has 0 aliphatic heterocycles. The van der Waals surface area contributed by atoms with Crippen LogP contribution in [0.2, 0.25) is 0 Å². The number of nitrogens with one attached hydrogen (secondary N) is 1. The zero-order valence-electron chi connectivity index (χ0n) is 9.76. The molecule has 0 saturated carbocycles. The highest BCUT2D eigenvalue weighted by Gasteiger charge is 2.08. The second-order valence-corrected chi connectivity index (χ2v) is 5.50. The van der Waals surface area contributed by atoms with Gasteiger partial charge in [0, 0.05) is 18.6 Å². The van der Waals surface area contributed by atoms with Crippen LogP contribution in [0.1, 0.15) is 6.92 Å². The number of sulfone groups is 1. The average Bonchev–Trinajstić information content (AvgIpc) is 2.25. The number of carbonyl (C=O) groups excluding carboxylic acids is 1. The molecule has 0 heterocycles. The second kappa shape index (κ2) is 5.79. The topological polar surface area (TPSA) is 72.5 Å². The summed E-state index contributed by atoms with van der Waals surface area (Å²) in [7, 11) is -3.26. The van der Waals surface area contributed by atoms with E-state index in [4.69, 9.17) is 4.74 Å². The zero-order chi connectivity index (χ0) is 12.9. The van der Waals surface area contributed by atoms with Crippen LogP contribution in [0.5, 0.6) is 0 Å². The molecule has 1 aromatic rings. The smallest absolute Gasteiger partial charge is 0.250 e. The van der Waals surface area contributed by atoms with Crippen LogP contribution in [-0.2, 0) is 19.4 Å². The molecule has 0 fully saturated rings. The van der Waals surface area contributed by atoms with E-state index in [0.29, 0.717) is 12.3 Å². The van der Waals surface area contributed by atoms with Crippen LogP contribution in [0.4, 0.5) is 5.69 Å². The molecule has 0 aromatic heterocycles. The first-order valence-corrected chi connectivity index (χ1v) is 7.00. The fourth-order valence-corrected chi connectivity index (χ4v) is 1.86. The molecule has 17 heavy (non-hydrogen) atoms. The molecule has 0 atom stereocenters. The van der Waals surface area contributed by atoms with Crippen LogP contribution < -0.4 is 5.32 Å². The highest BCUT2D eigenvalue weighted by atomic mass is 32.2. The first kappa shape index (κ1) is 13.7. The molecule has 0 saturated heterocycles. The van der Waals surface area contributed by atoms with Crippen molar-refractivity contribution in [3.05, 3.63) is 24.3 Å². The van der Waals surface area contributed by atoms with Gasteiger partial charge in [-0.3, -0.25) is 4.79 Å². The molecule has 94 valence electrons. The number of hydrogen-bond acceptors (Lipinski definition) is 4. The molecule has 1 N–H and O–H groups in total. The number of benzene rings is 1. The van der Waals surface area contributed by atoms with Crippen molar-refractivity contribution in [1.82, 2.24) is 0 Å². The summed E-state index contributed by atoms with van der Waals surface area (Å²) in [6.07, 6.45) is 1.12. The summed E-state index contributed by atoms with van der Waals surface area (Å²) < 4.78 is 27.5. The lowest BCUT2D eigenvalue weighted by Gasteiger charge is -2.06. The predicted octanol–water partition coefficient (Wildman–Crippen LogP) is 1.07. The fraction of sp³-hybridized carbons (Fsp3) is 0.364. The van der Waals surface area contributed by atoms with Gasteiger partial charge in [-0.25, -0.2) is 8.42 Å². The minimum absolute atomic E-state index is 0.0421. The molecule has 0 radical (unpaired) electrons. The Morgan fingerprint density at radius 2 is 2.12 bits per heavy atom. The predicted molar refractivity (Wildman–Crippen MR) is 64.7 cm³/mol. The maximum atomic E-state index is 11.3. The lowest BCUT2D eigenvalue weighted by molar-refractivity contribution is -0.120. The lowest BCUT2D eigenvalue weighted by Crippen LogP contribution is -2.18. The molecule has 1 aromatic carbocycles. The summed E-state index contributed by atoms with van der Waals surface area (Å²) in [6, 6.07) is 6.10.